The second kappa shape index (κ2) is 10.6. The molecule has 0 saturated carbocycles. The van der Waals surface area contributed by atoms with E-state index >= 15 is 0 Å². The smallest absolute Gasteiger partial charge is 0.314 e. The van der Waals surface area contributed by atoms with E-state index in [1.54, 1.807) is 19.1 Å². The number of sulfone groups is 1. The zero-order chi connectivity index (χ0) is 25.8. The van der Waals surface area contributed by atoms with Crippen LogP contribution in [0.25, 0.3) is 11.1 Å². The lowest BCUT2D eigenvalue weighted by molar-refractivity contribution is -0.384. The zero-order valence-corrected chi connectivity index (χ0v) is 20.4. The molecule has 35 heavy (non-hydrogen) atoms. The molecule has 0 spiro atoms. The summed E-state index contributed by atoms with van der Waals surface area (Å²) in [6.07, 6.45) is 2.36. The van der Waals surface area contributed by atoms with Gasteiger partial charge in [-0.15, -0.1) is 0 Å². The van der Waals surface area contributed by atoms with Crippen molar-refractivity contribution >= 4 is 21.3 Å². The highest BCUT2D eigenvalue weighted by Gasteiger charge is 2.28. The maximum absolute atomic E-state index is 14.4. The predicted molar refractivity (Wildman–Crippen MR) is 129 cm³/mol. The molecule has 10 nitrogen and oxygen atoms in total. The molecule has 3 aromatic rings. The van der Waals surface area contributed by atoms with Gasteiger partial charge in [0.1, 0.15) is 15.7 Å². The normalized spacial score (nSPS) is 12.1. The van der Waals surface area contributed by atoms with Crippen LogP contribution in [-0.2, 0) is 9.84 Å². The first-order valence-electron chi connectivity index (χ1n) is 10.6. The lowest BCUT2D eigenvalue weighted by atomic mass is 10.0. The number of anilines is 1. The molecule has 3 rings (SSSR count). The number of pyridine rings is 2. The third kappa shape index (κ3) is 6.01. The van der Waals surface area contributed by atoms with E-state index in [-0.39, 0.29) is 34.1 Å². The van der Waals surface area contributed by atoms with E-state index in [9.17, 15) is 22.9 Å². The second-order valence-electron chi connectivity index (χ2n) is 7.70. The quantitative estimate of drug-likeness (QED) is 0.320. The number of halogens is 1. The molecule has 0 saturated heterocycles. The van der Waals surface area contributed by atoms with Crippen LogP contribution in [-0.4, -0.2) is 49.0 Å². The molecule has 0 aliphatic rings. The fourth-order valence-electron chi connectivity index (χ4n) is 3.57. The van der Waals surface area contributed by atoms with Gasteiger partial charge in [-0.25, -0.2) is 22.8 Å². The molecule has 1 unspecified atom stereocenters. The molecule has 0 bridgehead atoms. The van der Waals surface area contributed by atoms with E-state index in [2.05, 4.69) is 15.3 Å². The van der Waals surface area contributed by atoms with Crippen LogP contribution >= 0.6 is 0 Å². The van der Waals surface area contributed by atoms with Crippen molar-refractivity contribution in [2.24, 2.45) is 0 Å². The van der Waals surface area contributed by atoms with Crippen molar-refractivity contribution in [2.75, 3.05) is 31.0 Å². The maximum atomic E-state index is 14.4. The third-order valence-electron chi connectivity index (χ3n) is 5.14. The van der Waals surface area contributed by atoms with Crippen molar-refractivity contribution in [3.05, 3.63) is 69.8 Å². The van der Waals surface area contributed by atoms with Crippen molar-refractivity contribution in [3.63, 3.8) is 0 Å². The molecule has 1 N–H and O–H groups in total. The number of methoxy groups -OCH3 is 1. The highest BCUT2D eigenvalue weighted by molar-refractivity contribution is 7.90. The molecular formula is C23H25FN4O6S. The summed E-state index contributed by atoms with van der Waals surface area (Å²) in [7, 11) is -2.11. The van der Waals surface area contributed by atoms with Gasteiger partial charge in [0, 0.05) is 29.1 Å². The Balaban J connectivity index is 2.11. The minimum Gasteiger partial charge on any atom is -0.491 e. The Morgan fingerprint density at radius 1 is 1.20 bits per heavy atom. The van der Waals surface area contributed by atoms with E-state index in [1.807, 2.05) is 0 Å². The largest absolute Gasteiger partial charge is 0.491 e. The van der Waals surface area contributed by atoms with Crippen LogP contribution in [0.5, 0.6) is 11.6 Å². The Labute approximate surface area is 202 Å². The number of hydrogen-bond acceptors (Lipinski definition) is 9. The predicted octanol–water partition coefficient (Wildman–Crippen LogP) is 4.10. The number of nitrogens with one attached hydrogen (secondary N) is 1. The lowest BCUT2D eigenvalue weighted by Gasteiger charge is -2.20. The second-order valence-corrected chi connectivity index (χ2v) is 9.88. The summed E-state index contributed by atoms with van der Waals surface area (Å²) in [6.45, 7) is 3.53. The van der Waals surface area contributed by atoms with Crippen LogP contribution in [0.1, 0.15) is 24.2 Å². The van der Waals surface area contributed by atoms with Crippen molar-refractivity contribution in [1.29, 1.82) is 0 Å². The number of nitro groups is 1. The Kier molecular flexibility index (Phi) is 7.85. The highest BCUT2D eigenvalue weighted by atomic mass is 32.2. The van der Waals surface area contributed by atoms with Crippen LogP contribution in [0.4, 0.5) is 15.9 Å². The Hall–Kier alpha value is -3.80. The molecule has 12 heteroatoms. The summed E-state index contributed by atoms with van der Waals surface area (Å²) in [6, 6.07) is 7.98. The first kappa shape index (κ1) is 25.8. The summed E-state index contributed by atoms with van der Waals surface area (Å²) in [5, 5.41) is 14.9. The molecule has 2 heterocycles. The average Bonchev–Trinajstić information content (AvgIpc) is 2.78. The van der Waals surface area contributed by atoms with Crippen molar-refractivity contribution in [3.8, 4) is 22.8 Å². The van der Waals surface area contributed by atoms with Crippen LogP contribution in [0.15, 0.2) is 42.6 Å². The molecule has 1 aromatic carbocycles. The van der Waals surface area contributed by atoms with E-state index in [1.165, 1.54) is 44.5 Å². The summed E-state index contributed by atoms with van der Waals surface area (Å²) in [5.41, 5.74) is 0.446. The minimum absolute atomic E-state index is 0.154. The van der Waals surface area contributed by atoms with E-state index in [0.29, 0.717) is 12.4 Å². The van der Waals surface area contributed by atoms with Crippen molar-refractivity contribution < 1.29 is 27.2 Å². The van der Waals surface area contributed by atoms with Gasteiger partial charge < -0.3 is 14.8 Å². The van der Waals surface area contributed by atoms with Crippen LogP contribution < -0.4 is 14.8 Å². The monoisotopic (exact) mass is 504 g/mol. The molecule has 186 valence electrons. The van der Waals surface area contributed by atoms with Gasteiger partial charge in [0.15, 0.2) is 5.75 Å². The van der Waals surface area contributed by atoms with Gasteiger partial charge in [0.05, 0.1) is 36.1 Å². The third-order valence-corrected chi connectivity index (χ3v) is 6.08. The first-order valence-corrected chi connectivity index (χ1v) is 12.6. The van der Waals surface area contributed by atoms with Crippen LogP contribution in [0.3, 0.4) is 0 Å². The van der Waals surface area contributed by atoms with Gasteiger partial charge in [-0.1, -0.05) is 18.2 Å². The number of hydrogen-bond donors (Lipinski definition) is 1. The number of aromatic nitrogens is 2. The summed E-state index contributed by atoms with van der Waals surface area (Å²) < 4.78 is 49.4. The lowest BCUT2D eigenvalue weighted by Crippen LogP contribution is -2.23. The summed E-state index contributed by atoms with van der Waals surface area (Å²) in [5.74, 6) is -0.639. The molecule has 0 amide bonds. The molecule has 0 aliphatic carbocycles. The molecule has 1 atom stereocenters. The summed E-state index contributed by atoms with van der Waals surface area (Å²) >= 11 is 0. The van der Waals surface area contributed by atoms with Crippen LogP contribution in [0.2, 0.25) is 0 Å². The molecule has 0 radical (unpaired) electrons. The van der Waals surface area contributed by atoms with Crippen molar-refractivity contribution in [2.45, 2.75) is 19.9 Å². The SMILES string of the molecule is CCOc1nc(C(CS(C)(=O)=O)Nc2ncc(-c3ccccc3F)c(C)c2[N+](=O)[O-])ccc1OC. The molecular weight excluding hydrogens is 479 g/mol. The molecule has 2 aromatic heterocycles. The fourth-order valence-corrected chi connectivity index (χ4v) is 4.43. The minimum atomic E-state index is -3.55. The first-order chi connectivity index (χ1) is 16.6. The van der Waals surface area contributed by atoms with E-state index in [0.717, 1.165) is 6.26 Å². The summed E-state index contributed by atoms with van der Waals surface area (Å²) in [4.78, 5) is 19.9. The standard InChI is InChI=1S/C23H25FN4O6S/c1-5-34-23-20(33-3)11-10-18(27-23)19(13-35(4,31)32)26-22-21(28(29)30)14(2)16(12-25-22)15-8-6-7-9-17(15)24/h6-12,19H,5,13H2,1-4H3,(H,25,26). The Morgan fingerprint density at radius 3 is 2.51 bits per heavy atom. The van der Waals surface area contributed by atoms with Gasteiger partial charge >= 0.3 is 5.69 Å². The average molecular weight is 505 g/mol. The number of ether oxygens (including phenoxy) is 2. The highest BCUT2D eigenvalue weighted by Crippen LogP contribution is 2.37. The fraction of sp³-hybridized carbons (Fsp3) is 0.304. The topological polar surface area (TPSA) is 134 Å². The van der Waals surface area contributed by atoms with E-state index < -0.39 is 38.1 Å². The zero-order valence-electron chi connectivity index (χ0n) is 19.6. The van der Waals surface area contributed by atoms with Gasteiger partial charge in [-0.2, -0.15) is 0 Å². The van der Waals surface area contributed by atoms with Crippen molar-refractivity contribution in [1.82, 2.24) is 9.97 Å². The van der Waals surface area contributed by atoms with Gasteiger partial charge in [0.2, 0.25) is 5.82 Å². The van der Waals surface area contributed by atoms with Gasteiger partial charge in [-0.3, -0.25) is 10.1 Å². The van der Waals surface area contributed by atoms with Gasteiger partial charge in [-0.05, 0) is 32.0 Å². The number of rotatable bonds is 10. The Morgan fingerprint density at radius 2 is 1.91 bits per heavy atom. The maximum Gasteiger partial charge on any atom is 0.314 e. The van der Waals surface area contributed by atoms with Crippen LogP contribution in [0, 0.1) is 22.9 Å². The number of benzene rings is 1. The van der Waals surface area contributed by atoms with Gasteiger partial charge in [0.25, 0.3) is 5.88 Å². The number of nitrogens with zero attached hydrogens (tertiary/aromatic N) is 3. The molecule has 0 aliphatic heterocycles. The van der Waals surface area contributed by atoms with E-state index in [4.69, 9.17) is 9.47 Å². The molecule has 0 fully saturated rings. The Bertz CT molecular complexity index is 1350.